The number of imide groups is 1. The Morgan fingerprint density at radius 1 is 1.11 bits per heavy atom. The Balaban J connectivity index is 1.42. The fourth-order valence-electron chi connectivity index (χ4n) is 3.53. The van der Waals surface area contributed by atoms with Crippen LogP contribution in [-0.2, 0) is 4.79 Å². The van der Waals surface area contributed by atoms with E-state index in [1.165, 1.54) is 6.33 Å². The summed E-state index contributed by atoms with van der Waals surface area (Å²) in [7, 11) is 0. The molecule has 0 saturated carbocycles. The van der Waals surface area contributed by atoms with Crippen molar-refractivity contribution >= 4 is 29.4 Å². The smallest absolute Gasteiger partial charge is 0.262 e. The van der Waals surface area contributed by atoms with Gasteiger partial charge in [0, 0.05) is 19.2 Å². The molecule has 0 radical (unpaired) electrons. The zero-order chi connectivity index (χ0) is 19.7. The van der Waals surface area contributed by atoms with Crippen LogP contribution in [0.15, 0.2) is 36.7 Å². The summed E-state index contributed by atoms with van der Waals surface area (Å²) in [5, 5.41) is 2.66. The summed E-state index contributed by atoms with van der Waals surface area (Å²) in [5.41, 5.74) is 0.646. The monoisotopic (exact) mass is 379 g/mol. The molecule has 144 valence electrons. The lowest BCUT2D eigenvalue weighted by Crippen LogP contribution is -2.37. The maximum atomic E-state index is 12.4. The van der Waals surface area contributed by atoms with E-state index in [0.717, 1.165) is 36.6 Å². The lowest BCUT2D eigenvalue weighted by molar-refractivity contribution is -0.116. The second-order valence-corrected chi connectivity index (χ2v) is 7.22. The van der Waals surface area contributed by atoms with Crippen molar-refractivity contribution in [2.45, 2.75) is 19.8 Å². The molecule has 0 bridgehead atoms. The number of hydrogen-bond donors (Lipinski definition) is 1. The van der Waals surface area contributed by atoms with Crippen LogP contribution in [0.2, 0.25) is 0 Å². The molecule has 28 heavy (non-hydrogen) atoms. The van der Waals surface area contributed by atoms with E-state index in [1.54, 1.807) is 30.3 Å². The highest BCUT2D eigenvalue weighted by atomic mass is 16.2. The number of fused-ring (bicyclic) bond motifs is 1. The van der Waals surface area contributed by atoms with Crippen LogP contribution in [-0.4, -0.2) is 52.2 Å². The molecule has 0 aliphatic carbocycles. The zero-order valence-electron chi connectivity index (χ0n) is 15.6. The third-order valence-corrected chi connectivity index (χ3v) is 5.21. The van der Waals surface area contributed by atoms with Gasteiger partial charge in [-0.05, 0) is 30.9 Å². The standard InChI is InChI=1S/C20H21N5O3/c1-13-6-8-24(9-7-13)17-10-16(21-12-22-17)23-18(26)11-25-19(27)14-4-2-3-5-15(14)20(25)28/h2-5,10,12-13H,6-9,11H2,1H3,(H,21,22,23,26). The highest BCUT2D eigenvalue weighted by molar-refractivity contribution is 6.22. The Hall–Kier alpha value is -3.29. The van der Waals surface area contributed by atoms with Crippen LogP contribution >= 0.6 is 0 Å². The third kappa shape index (κ3) is 3.45. The first-order valence-corrected chi connectivity index (χ1v) is 9.35. The van der Waals surface area contributed by atoms with Crippen molar-refractivity contribution < 1.29 is 14.4 Å². The molecular weight excluding hydrogens is 358 g/mol. The van der Waals surface area contributed by atoms with Crippen molar-refractivity contribution in [3.8, 4) is 0 Å². The molecule has 1 N–H and O–H groups in total. The Labute approximate surface area is 162 Å². The number of rotatable bonds is 4. The predicted molar refractivity (Wildman–Crippen MR) is 103 cm³/mol. The Morgan fingerprint density at radius 3 is 2.39 bits per heavy atom. The van der Waals surface area contributed by atoms with Crippen molar-refractivity contribution in [2.75, 3.05) is 29.9 Å². The number of piperidine rings is 1. The molecule has 2 aliphatic rings. The van der Waals surface area contributed by atoms with E-state index in [4.69, 9.17) is 0 Å². The molecule has 0 atom stereocenters. The molecule has 1 fully saturated rings. The van der Waals surface area contributed by atoms with Gasteiger partial charge in [-0.1, -0.05) is 19.1 Å². The van der Waals surface area contributed by atoms with Gasteiger partial charge >= 0.3 is 0 Å². The van der Waals surface area contributed by atoms with Crippen molar-refractivity contribution in [1.29, 1.82) is 0 Å². The number of carbonyl (C=O) groups excluding carboxylic acids is 3. The van der Waals surface area contributed by atoms with E-state index in [1.807, 2.05) is 0 Å². The molecule has 3 amide bonds. The number of nitrogens with one attached hydrogen (secondary N) is 1. The van der Waals surface area contributed by atoms with Crippen molar-refractivity contribution in [2.24, 2.45) is 5.92 Å². The van der Waals surface area contributed by atoms with Crippen LogP contribution in [0.3, 0.4) is 0 Å². The fourth-order valence-corrected chi connectivity index (χ4v) is 3.53. The highest BCUT2D eigenvalue weighted by Gasteiger charge is 2.36. The normalized spacial score (nSPS) is 17.0. The second-order valence-electron chi connectivity index (χ2n) is 7.22. The minimum atomic E-state index is -0.480. The number of aromatic nitrogens is 2. The minimum Gasteiger partial charge on any atom is -0.356 e. The van der Waals surface area contributed by atoms with Crippen LogP contribution in [0.5, 0.6) is 0 Å². The maximum Gasteiger partial charge on any atom is 0.262 e. The van der Waals surface area contributed by atoms with Crippen LogP contribution in [0, 0.1) is 5.92 Å². The average molecular weight is 379 g/mol. The molecule has 1 saturated heterocycles. The lowest BCUT2D eigenvalue weighted by atomic mass is 9.99. The Kier molecular flexibility index (Phi) is 4.77. The van der Waals surface area contributed by atoms with Gasteiger partial charge in [0.25, 0.3) is 11.8 Å². The number of carbonyl (C=O) groups is 3. The van der Waals surface area contributed by atoms with Crippen molar-refractivity contribution in [3.05, 3.63) is 47.8 Å². The first-order chi connectivity index (χ1) is 13.5. The van der Waals surface area contributed by atoms with Crippen LogP contribution in [0.4, 0.5) is 11.6 Å². The molecule has 0 unspecified atom stereocenters. The number of hydrogen-bond acceptors (Lipinski definition) is 6. The Morgan fingerprint density at radius 2 is 1.75 bits per heavy atom. The van der Waals surface area contributed by atoms with E-state index >= 15 is 0 Å². The van der Waals surface area contributed by atoms with Crippen LogP contribution in [0.1, 0.15) is 40.5 Å². The summed E-state index contributed by atoms with van der Waals surface area (Å²) in [6.07, 6.45) is 3.61. The topological polar surface area (TPSA) is 95.5 Å². The van der Waals surface area contributed by atoms with E-state index < -0.39 is 17.7 Å². The number of benzene rings is 1. The average Bonchev–Trinajstić information content (AvgIpc) is 2.94. The second kappa shape index (κ2) is 7.38. The number of nitrogens with zero attached hydrogens (tertiary/aromatic N) is 4. The predicted octanol–water partition coefficient (Wildman–Crippen LogP) is 1.95. The van der Waals surface area contributed by atoms with Gasteiger partial charge in [0.15, 0.2) is 0 Å². The van der Waals surface area contributed by atoms with Gasteiger partial charge in [0.05, 0.1) is 11.1 Å². The van der Waals surface area contributed by atoms with Crippen molar-refractivity contribution in [1.82, 2.24) is 14.9 Å². The lowest BCUT2D eigenvalue weighted by Gasteiger charge is -2.31. The SMILES string of the molecule is CC1CCN(c2cc(NC(=O)CN3C(=O)c4ccccc4C3=O)ncn2)CC1. The van der Waals surface area contributed by atoms with E-state index in [2.05, 4.69) is 27.1 Å². The van der Waals surface area contributed by atoms with E-state index in [-0.39, 0.29) is 6.54 Å². The molecule has 1 aromatic heterocycles. The third-order valence-electron chi connectivity index (χ3n) is 5.21. The molecule has 2 aromatic rings. The fraction of sp³-hybridized carbons (Fsp3) is 0.350. The molecule has 2 aliphatic heterocycles. The number of amides is 3. The summed E-state index contributed by atoms with van der Waals surface area (Å²) in [6.45, 7) is 3.72. The molecule has 3 heterocycles. The summed E-state index contributed by atoms with van der Waals surface area (Å²) >= 11 is 0. The molecule has 4 rings (SSSR count). The van der Waals surface area contributed by atoms with Crippen LogP contribution < -0.4 is 10.2 Å². The zero-order valence-corrected chi connectivity index (χ0v) is 15.6. The molecule has 8 nitrogen and oxygen atoms in total. The van der Waals surface area contributed by atoms with Gasteiger partial charge in [-0.3, -0.25) is 19.3 Å². The molecule has 0 spiro atoms. The summed E-state index contributed by atoms with van der Waals surface area (Å²) in [5.74, 6) is 0.426. The Bertz CT molecular complexity index is 902. The van der Waals surface area contributed by atoms with Gasteiger partial charge in [-0.15, -0.1) is 0 Å². The summed E-state index contributed by atoms with van der Waals surface area (Å²) in [6, 6.07) is 8.28. The van der Waals surface area contributed by atoms with Gasteiger partial charge in [-0.2, -0.15) is 0 Å². The quantitative estimate of drug-likeness (QED) is 0.816. The first kappa shape index (κ1) is 18.1. The molecule has 8 heteroatoms. The number of anilines is 2. The molecule has 1 aromatic carbocycles. The van der Waals surface area contributed by atoms with Gasteiger partial charge in [0.1, 0.15) is 24.5 Å². The van der Waals surface area contributed by atoms with E-state index in [9.17, 15) is 14.4 Å². The van der Waals surface area contributed by atoms with Gasteiger partial charge in [-0.25, -0.2) is 9.97 Å². The van der Waals surface area contributed by atoms with E-state index in [0.29, 0.717) is 22.9 Å². The minimum absolute atomic E-state index is 0.323. The summed E-state index contributed by atoms with van der Waals surface area (Å²) in [4.78, 5) is 48.7. The van der Waals surface area contributed by atoms with Crippen molar-refractivity contribution in [3.63, 3.8) is 0 Å². The largest absolute Gasteiger partial charge is 0.356 e. The van der Waals surface area contributed by atoms with Gasteiger partial charge < -0.3 is 10.2 Å². The first-order valence-electron chi connectivity index (χ1n) is 9.35. The maximum absolute atomic E-state index is 12.4. The summed E-state index contributed by atoms with van der Waals surface area (Å²) < 4.78 is 0. The van der Waals surface area contributed by atoms with Gasteiger partial charge in [0.2, 0.25) is 5.91 Å². The van der Waals surface area contributed by atoms with Crippen LogP contribution in [0.25, 0.3) is 0 Å². The molecular formula is C20H21N5O3. The highest BCUT2D eigenvalue weighted by Crippen LogP contribution is 2.23.